The number of benzene rings is 2. The van der Waals surface area contributed by atoms with E-state index in [1.54, 1.807) is 0 Å². The van der Waals surface area contributed by atoms with Gasteiger partial charge in [-0.25, -0.2) is 4.39 Å². The van der Waals surface area contributed by atoms with Crippen molar-refractivity contribution in [2.45, 2.75) is 13.6 Å². The summed E-state index contributed by atoms with van der Waals surface area (Å²) in [6.07, 6.45) is 0. The van der Waals surface area contributed by atoms with Gasteiger partial charge < -0.3 is 0 Å². The van der Waals surface area contributed by atoms with Gasteiger partial charge in [0.15, 0.2) is 0 Å². The van der Waals surface area contributed by atoms with Crippen molar-refractivity contribution in [1.29, 1.82) is 0 Å². The van der Waals surface area contributed by atoms with E-state index in [1.807, 2.05) is 55.5 Å². The van der Waals surface area contributed by atoms with Crippen molar-refractivity contribution in [3.8, 4) is 11.1 Å². The molecule has 2 aromatic carbocycles. The first kappa shape index (κ1) is 9.91. The van der Waals surface area contributed by atoms with Crippen LogP contribution in [0, 0.1) is 6.92 Å². The Morgan fingerprint density at radius 3 is 2.33 bits per heavy atom. The average Bonchev–Trinajstić information content (AvgIpc) is 2.31. The molecule has 0 saturated carbocycles. The van der Waals surface area contributed by atoms with E-state index in [2.05, 4.69) is 0 Å². The van der Waals surface area contributed by atoms with E-state index >= 15 is 0 Å². The smallest absolute Gasteiger partial charge is 0.115 e. The van der Waals surface area contributed by atoms with Crippen LogP contribution in [-0.4, -0.2) is 0 Å². The fraction of sp³-hybridized carbons (Fsp3) is 0.143. The highest BCUT2D eigenvalue weighted by atomic mass is 19.1. The van der Waals surface area contributed by atoms with Crippen LogP contribution in [0.4, 0.5) is 4.39 Å². The van der Waals surface area contributed by atoms with E-state index in [4.69, 9.17) is 0 Å². The molecule has 0 bridgehead atoms. The Morgan fingerprint density at radius 2 is 1.67 bits per heavy atom. The molecule has 0 aromatic heterocycles. The summed E-state index contributed by atoms with van der Waals surface area (Å²) in [7, 11) is 0. The molecule has 0 radical (unpaired) electrons. The van der Waals surface area contributed by atoms with Crippen LogP contribution in [0.3, 0.4) is 0 Å². The molecule has 0 fully saturated rings. The van der Waals surface area contributed by atoms with Gasteiger partial charge in [0.2, 0.25) is 0 Å². The Kier molecular flexibility index (Phi) is 2.82. The number of halogens is 1. The third-order valence-electron chi connectivity index (χ3n) is 2.60. The summed E-state index contributed by atoms with van der Waals surface area (Å²) >= 11 is 0. The Balaban J connectivity index is 2.46. The van der Waals surface area contributed by atoms with Crippen LogP contribution in [0.25, 0.3) is 11.1 Å². The summed E-state index contributed by atoms with van der Waals surface area (Å²) in [4.78, 5) is 0. The minimum atomic E-state index is -0.396. The molecular weight excluding hydrogens is 187 g/mol. The maximum atomic E-state index is 12.7. The van der Waals surface area contributed by atoms with Crippen molar-refractivity contribution >= 4 is 0 Å². The van der Waals surface area contributed by atoms with Crippen molar-refractivity contribution in [3.05, 3.63) is 59.7 Å². The van der Waals surface area contributed by atoms with Crippen LogP contribution in [0.1, 0.15) is 11.1 Å². The Bertz CT molecular complexity index is 446. The third-order valence-corrected chi connectivity index (χ3v) is 2.60. The van der Waals surface area contributed by atoms with Crippen molar-refractivity contribution < 1.29 is 4.39 Å². The Labute approximate surface area is 89.4 Å². The summed E-state index contributed by atoms with van der Waals surface area (Å²) in [5.41, 5.74) is 3.99. The van der Waals surface area contributed by atoms with E-state index in [1.165, 1.54) is 0 Å². The van der Waals surface area contributed by atoms with Gasteiger partial charge in [0.25, 0.3) is 0 Å². The van der Waals surface area contributed by atoms with Gasteiger partial charge in [-0.15, -0.1) is 0 Å². The average molecular weight is 200 g/mol. The highest BCUT2D eigenvalue weighted by molar-refractivity contribution is 5.64. The predicted octanol–water partition coefficient (Wildman–Crippen LogP) is 4.13. The van der Waals surface area contributed by atoms with Crippen molar-refractivity contribution in [2.75, 3.05) is 0 Å². The monoisotopic (exact) mass is 200 g/mol. The molecule has 0 atom stereocenters. The zero-order valence-electron chi connectivity index (χ0n) is 8.70. The second-order valence-electron chi connectivity index (χ2n) is 3.64. The first-order valence-corrected chi connectivity index (χ1v) is 5.02. The van der Waals surface area contributed by atoms with Gasteiger partial charge in [-0.05, 0) is 35.2 Å². The third kappa shape index (κ3) is 2.07. The topological polar surface area (TPSA) is 0 Å². The Morgan fingerprint density at radius 1 is 0.933 bits per heavy atom. The lowest BCUT2D eigenvalue weighted by molar-refractivity contribution is 0.484. The standard InChI is InChI=1S/C14H13F/c1-11-7-8-13(9-14(11)10-15)12-5-3-2-4-6-12/h2-9H,10H2,1H3. The van der Waals surface area contributed by atoms with Gasteiger partial charge in [0.1, 0.15) is 6.67 Å². The van der Waals surface area contributed by atoms with Gasteiger partial charge in [0.05, 0.1) is 0 Å². The summed E-state index contributed by atoms with van der Waals surface area (Å²) in [5.74, 6) is 0. The zero-order chi connectivity index (χ0) is 10.7. The van der Waals surface area contributed by atoms with Gasteiger partial charge >= 0.3 is 0 Å². The van der Waals surface area contributed by atoms with Crippen molar-refractivity contribution in [3.63, 3.8) is 0 Å². The lowest BCUT2D eigenvalue weighted by Crippen LogP contribution is -1.86. The quantitative estimate of drug-likeness (QED) is 0.683. The molecule has 1 heteroatoms. The molecule has 0 heterocycles. The van der Waals surface area contributed by atoms with Gasteiger partial charge in [0, 0.05) is 0 Å². The minimum absolute atomic E-state index is 0.396. The molecular formula is C14H13F. The molecule has 2 aromatic rings. The summed E-state index contributed by atoms with van der Waals surface area (Å²) in [6.45, 7) is 1.54. The SMILES string of the molecule is Cc1ccc(-c2ccccc2)cc1CF. The molecule has 0 aliphatic rings. The molecule has 0 aliphatic heterocycles. The lowest BCUT2D eigenvalue weighted by Gasteiger charge is -2.05. The number of aryl methyl sites for hydroxylation is 1. The molecule has 0 N–H and O–H groups in total. The van der Waals surface area contributed by atoms with Crippen LogP contribution in [0.5, 0.6) is 0 Å². The highest BCUT2D eigenvalue weighted by Gasteiger charge is 2.01. The minimum Gasteiger partial charge on any atom is -0.246 e. The second-order valence-corrected chi connectivity index (χ2v) is 3.64. The molecule has 0 nitrogen and oxygen atoms in total. The fourth-order valence-corrected chi connectivity index (χ4v) is 1.63. The van der Waals surface area contributed by atoms with Crippen LogP contribution in [0.15, 0.2) is 48.5 Å². The van der Waals surface area contributed by atoms with E-state index < -0.39 is 6.67 Å². The predicted molar refractivity (Wildman–Crippen MR) is 61.4 cm³/mol. The molecule has 2 rings (SSSR count). The molecule has 76 valence electrons. The van der Waals surface area contributed by atoms with Crippen molar-refractivity contribution in [2.24, 2.45) is 0 Å². The van der Waals surface area contributed by atoms with Crippen LogP contribution in [-0.2, 0) is 6.67 Å². The molecule has 0 saturated heterocycles. The summed E-state index contributed by atoms with van der Waals surface area (Å²) in [5, 5.41) is 0. The molecule has 0 unspecified atom stereocenters. The molecule has 0 aliphatic carbocycles. The van der Waals surface area contributed by atoms with E-state index in [0.29, 0.717) is 0 Å². The normalized spacial score (nSPS) is 10.3. The number of rotatable bonds is 2. The van der Waals surface area contributed by atoms with E-state index in [9.17, 15) is 4.39 Å². The van der Waals surface area contributed by atoms with Gasteiger partial charge in [-0.1, -0.05) is 42.5 Å². The largest absolute Gasteiger partial charge is 0.246 e. The maximum Gasteiger partial charge on any atom is 0.115 e. The number of hydrogen-bond donors (Lipinski definition) is 0. The molecule has 15 heavy (non-hydrogen) atoms. The Hall–Kier alpha value is -1.63. The molecule has 0 spiro atoms. The number of hydrogen-bond acceptors (Lipinski definition) is 0. The highest BCUT2D eigenvalue weighted by Crippen LogP contribution is 2.22. The summed E-state index contributed by atoms with van der Waals surface area (Å²) in [6, 6.07) is 16.0. The van der Waals surface area contributed by atoms with Crippen LogP contribution >= 0.6 is 0 Å². The molecule has 0 amide bonds. The first-order chi connectivity index (χ1) is 7.31. The van der Waals surface area contributed by atoms with Gasteiger partial charge in [-0.2, -0.15) is 0 Å². The van der Waals surface area contributed by atoms with Gasteiger partial charge in [-0.3, -0.25) is 0 Å². The number of alkyl halides is 1. The lowest BCUT2D eigenvalue weighted by atomic mass is 10.0. The van der Waals surface area contributed by atoms with Crippen molar-refractivity contribution in [1.82, 2.24) is 0 Å². The fourth-order valence-electron chi connectivity index (χ4n) is 1.63. The van der Waals surface area contributed by atoms with E-state index in [0.717, 1.165) is 22.3 Å². The first-order valence-electron chi connectivity index (χ1n) is 5.02. The summed E-state index contributed by atoms with van der Waals surface area (Å²) < 4.78 is 12.7. The van der Waals surface area contributed by atoms with Crippen LogP contribution < -0.4 is 0 Å². The second kappa shape index (κ2) is 4.26. The van der Waals surface area contributed by atoms with Crippen LogP contribution in [0.2, 0.25) is 0 Å². The zero-order valence-corrected chi connectivity index (χ0v) is 8.70. The van der Waals surface area contributed by atoms with E-state index in [-0.39, 0.29) is 0 Å². The maximum absolute atomic E-state index is 12.7.